The lowest BCUT2D eigenvalue weighted by Gasteiger charge is -2.34. The Bertz CT molecular complexity index is 1040. The van der Waals surface area contributed by atoms with Crippen molar-refractivity contribution in [2.45, 2.75) is 25.8 Å². The molecule has 5 rings (SSSR count). The number of hydrogen-bond acceptors (Lipinski definition) is 4. The molecular weight excluding hydrogens is 380 g/mol. The highest BCUT2D eigenvalue weighted by molar-refractivity contribution is 5.94. The van der Waals surface area contributed by atoms with Crippen molar-refractivity contribution >= 4 is 11.8 Å². The van der Waals surface area contributed by atoms with E-state index in [2.05, 4.69) is 15.3 Å². The number of hydrogen-bond donors (Lipinski definition) is 1. The van der Waals surface area contributed by atoms with Gasteiger partial charge in [-0.3, -0.25) is 19.4 Å². The van der Waals surface area contributed by atoms with E-state index in [0.29, 0.717) is 37.6 Å². The maximum absolute atomic E-state index is 12.9. The molecule has 0 radical (unpaired) electrons. The van der Waals surface area contributed by atoms with E-state index < -0.39 is 0 Å². The van der Waals surface area contributed by atoms with Crippen molar-refractivity contribution in [3.8, 4) is 11.3 Å². The van der Waals surface area contributed by atoms with Gasteiger partial charge >= 0.3 is 0 Å². The number of rotatable bonds is 3. The average molecular weight is 404 g/mol. The third-order valence-corrected chi connectivity index (χ3v) is 5.87. The number of nitrogens with one attached hydrogen (secondary N) is 1. The van der Waals surface area contributed by atoms with Crippen LogP contribution in [-0.4, -0.2) is 67.8 Å². The summed E-state index contributed by atoms with van der Waals surface area (Å²) in [4.78, 5) is 29.3. The molecule has 0 unspecified atom stereocenters. The van der Waals surface area contributed by atoms with Crippen molar-refractivity contribution in [3.63, 3.8) is 0 Å². The summed E-state index contributed by atoms with van der Waals surface area (Å²) in [5, 5.41) is 11.6. The van der Waals surface area contributed by atoms with Gasteiger partial charge in [0.05, 0.1) is 5.69 Å². The first kappa shape index (κ1) is 18.6. The van der Waals surface area contributed by atoms with E-state index in [-0.39, 0.29) is 11.8 Å². The Labute approximate surface area is 174 Å². The summed E-state index contributed by atoms with van der Waals surface area (Å²) in [7, 11) is 0. The zero-order valence-electron chi connectivity index (χ0n) is 16.8. The van der Waals surface area contributed by atoms with Gasteiger partial charge in [-0.1, -0.05) is 30.3 Å². The molecule has 2 aromatic heterocycles. The number of fused-ring (bicyclic) bond motifs is 1. The van der Waals surface area contributed by atoms with Crippen molar-refractivity contribution in [2.75, 3.05) is 26.2 Å². The van der Waals surface area contributed by atoms with Gasteiger partial charge in [-0.25, -0.2) is 0 Å². The molecule has 4 heterocycles. The van der Waals surface area contributed by atoms with Gasteiger partial charge in [-0.15, -0.1) is 0 Å². The summed E-state index contributed by atoms with van der Waals surface area (Å²) < 4.78 is 1.96. The monoisotopic (exact) mass is 404 g/mol. The Morgan fingerprint density at radius 1 is 0.867 bits per heavy atom. The predicted octanol–water partition coefficient (Wildman–Crippen LogP) is 2.21. The first-order chi connectivity index (χ1) is 14.7. The lowest BCUT2D eigenvalue weighted by Crippen LogP contribution is -2.50. The quantitative estimate of drug-likeness (QED) is 0.725. The first-order valence-corrected chi connectivity index (χ1v) is 10.4. The van der Waals surface area contributed by atoms with Gasteiger partial charge in [0, 0.05) is 44.0 Å². The van der Waals surface area contributed by atoms with E-state index >= 15 is 0 Å². The smallest absolute Gasteiger partial charge is 0.274 e. The minimum Gasteiger partial charge on any atom is -0.334 e. The number of carbonyl (C=O) groups is 2. The fourth-order valence-corrected chi connectivity index (χ4v) is 4.16. The van der Waals surface area contributed by atoms with Crippen LogP contribution in [0.2, 0.25) is 0 Å². The molecule has 154 valence electrons. The van der Waals surface area contributed by atoms with E-state index in [1.165, 1.54) is 0 Å². The van der Waals surface area contributed by atoms with Gasteiger partial charge in [0.25, 0.3) is 11.8 Å². The van der Waals surface area contributed by atoms with Crippen molar-refractivity contribution in [2.24, 2.45) is 0 Å². The van der Waals surface area contributed by atoms with Crippen LogP contribution in [0.4, 0.5) is 0 Å². The molecule has 30 heavy (non-hydrogen) atoms. The van der Waals surface area contributed by atoms with Crippen molar-refractivity contribution in [3.05, 3.63) is 59.5 Å². The van der Waals surface area contributed by atoms with Crippen LogP contribution in [0.25, 0.3) is 11.3 Å². The molecule has 8 heteroatoms. The predicted molar refractivity (Wildman–Crippen MR) is 111 cm³/mol. The minimum atomic E-state index is -0.0887. The SMILES string of the molecule is O=C(c1cc2n(n1)CCCC2)N1CCN(C(=O)c2cc(-c3ccccc3)n[nH]2)CC1. The number of aromatic nitrogens is 4. The third-order valence-electron chi connectivity index (χ3n) is 5.87. The lowest BCUT2D eigenvalue weighted by atomic mass is 10.1. The van der Waals surface area contributed by atoms with Gasteiger partial charge in [0.15, 0.2) is 5.69 Å². The van der Waals surface area contributed by atoms with Crippen LogP contribution >= 0.6 is 0 Å². The molecule has 1 fully saturated rings. The molecule has 2 amide bonds. The average Bonchev–Trinajstić information content (AvgIpc) is 3.46. The van der Waals surface area contributed by atoms with Crippen LogP contribution in [0, 0.1) is 0 Å². The van der Waals surface area contributed by atoms with Crippen LogP contribution in [0.15, 0.2) is 42.5 Å². The van der Waals surface area contributed by atoms with Crippen LogP contribution in [-0.2, 0) is 13.0 Å². The summed E-state index contributed by atoms with van der Waals surface area (Å²) in [6.45, 7) is 2.90. The molecule has 0 aliphatic carbocycles. The van der Waals surface area contributed by atoms with Crippen LogP contribution < -0.4 is 0 Å². The van der Waals surface area contributed by atoms with Crippen molar-refractivity contribution in [1.82, 2.24) is 29.8 Å². The number of aromatic amines is 1. The number of nitrogens with zero attached hydrogens (tertiary/aromatic N) is 5. The van der Waals surface area contributed by atoms with Gasteiger partial charge < -0.3 is 9.80 Å². The number of aryl methyl sites for hydroxylation is 2. The molecule has 2 aliphatic rings. The molecule has 1 saturated heterocycles. The second kappa shape index (κ2) is 7.78. The fourth-order valence-electron chi connectivity index (χ4n) is 4.16. The standard InChI is InChI=1S/C22H24N6O2/c29-21(19-15-18(23-24-19)16-6-2-1-3-7-16)26-10-12-27(13-11-26)22(30)20-14-17-8-4-5-9-28(17)25-20/h1-3,6-7,14-15H,4-5,8-13H2,(H,23,24). The van der Waals surface area contributed by atoms with E-state index in [9.17, 15) is 9.59 Å². The van der Waals surface area contributed by atoms with Crippen LogP contribution in [0.5, 0.6) is 0 Å². The third kappa shape index (κ3) is 3.49. The van der Waals surface area contributed by atoms with Crippen LogP contribution in [0.3, 0.4) is 0 Å². The van der Waals surface area contributed by atoms with Gasteiger partial charge in [-0.2, -0.15) is 10.2 Å². The Kier molecular flexibility index (Phi) is 4.82. The number of H-pyrrole nitrogens is 1. The van der Waals surface area contributed by atoms with Gasteiger partial charge in [0.2, 0.25) is 0 Å². The zero-order valence-corrected chi connectivity index (χ0v) is 16.8. The normalized spacial score (nSPS) is 16.4. The second-order valence-electron chi connectivity index (χ2n) is 7.82. The molecule has 2 aliphatic heterocycles. The molecular formula is C22H24N6O2. The van der Waals surface area contributed by atoms with E-state index in [4.69, 9.17) is 0 Å². The highest BCUT2D eigenvalue weighted by atomic mass is 16.2. The molecule has 0 spiro atoms. The zero-order chi connectivity index (χ0) is 20.5. The first-order valence-electron chi connectivity index (χ1n) is 10.4. The minimum absolute atomic E-state index is 0.0445. The highest BCUT2D eigenvalue weighted by Gasteiger charge is 2.28. The Balaban J connectivity index is 1.21. The summed E-state index contributed by atoms with van der Waals surface area (Å²) in [5.41, 5.74) is 3.84. The Morgan fingerprint density at radius 3 is 2.33 bits per heavy atom. The molecule has 1 N–H and O–H groups in total. The van der Waals surface area contributed by atoms with Crippen molar-refractivity contribution in [1.29, 1.82) is 0 Å². The Hall–Kier alpha value is -3.42. The largest absolute Gasteiger partial charge is 0.334 e. The molecule has 0 atom stereocenters. The lowest BCUT2D eigenvalue weighted by molar-refractivity contribution is 0.0528. The van der Waals surface area contributed by atoms with E-state index in [1.807, 2.05) is 41.1 Å². The van der Waals surface area contributed by atoms with E-state index in [1.54, 1.807) is 15.9 Å². The molecule has 8 nitrogen and oxygen atoms in total. The van der Waals surface area contributed by atoms with Gasteiger partial charge in [-0.05, 0) is 31.4 Å². The number of amides is 2. The summed E-state index contributed by atoms with van der Waals surface area (Å²) in [6.07, 6.45) is 3.25. The Morgan fingerprint density at radius 2 is 1.60 bits per heavy atom. The summed E-state index contributed by atoms with van der Waals surface area (Å²) in [5.74, 6) is -0.133. The molecule has 1 aromatic carbocycles. The topological polar surface area (TPSA) is 87.1 Å². The fraction of sp³-hybridized carbons (Fsp3) is 0.364. The van der Waals surface area contributed by atoms with Crippen molar-refractivity contribution < 1.29 is 9.59 Å². The maximum atomic E-state index is 12.9. The summed E-state index contributed by atoms with van der Waals surface area (Å²) >= 11 is 0. The highest BCUT2D eigenvalue weighted by Crippen LogP contribution is 2.19. The summed E-state index contributed by atoms with van der Waals surface area (Å²) in [6, 6.07) is 13.5. The maximum Gasteiger partial charge on any atom is 0.274 e. The van der Waals surface area contributed by atoms with E-state index in [0.717, 1.165) is 42.8 Å². The molecule has 3 aromatic rings. The number of benzene rings is 1. The second-order valence-corrected chi connectivity index (χ2v) is 7.82. The van der Waals surface area contributed by atoms with Gasteiger partial charge in [0.1, 0.15) is 5.69 Å². The molecule has 0 bridgehead atoms. The number of carbonyl (C=O) groups excluding carboxylic acids is 2. The van der Waals surface area contributed by atoms with Crippen LogP contribution in [0.1, 0.15) is 39.5 Å². The number of piperazine rings is 1. The molecule has 0 saturated carbocycles.